The third-order valence-electron chi connectivity index (χ3n) is 5.09. The number of pyridine rings is 2. The van der Waals surface area contributed by atoms with E-state index in [4.69, 9.17) is 0 Å². The number of anilines is 4. The van der Waals surface area contributed by atoms with Crippen molar-refractivity contribution in [3.8, 4) is 17.3 Å². The molecule has 3 aromatic heterocycles. The minimum atomic E-state index is -0.894. The summed E-state index contributed by atoms with van der Waals surface area (Å²) in [6.45, 7) is 4.61. The van der Waals surface area contributed by atoms with E-state index in [1.165, 1.54) is 0 Å². The standard InChI is InChI=1S/C23H25FN8O/c1-23(2,33)14-29-20-4-3-18(12-27-20)30-22-26-7-5-19(31-22)16-9-15(10-25)21(28-11-16)32-8-6-17(24)13-32/h3-5,7,9,11-12,17,33H,6,8,13-14H2,1-2H3,(H,27,29)(H,26,30,31). The molecule has 1 saturated heterocycles. The molecule has 0 aromatic carbocycles. The van der Waals surface area contributed by atoms with E-state index in [1.54, 1.807) is 55.5 Å². The van der Waals surface area contributed by atoms with Gasteiger partial charge in [0.25, 0.3) is 0 Å². The first-order valence-electron chi connectivity index (χ1n) is 10.6. The highest BCUT2D eigenvalue weighted by molar-refractivity contribution is 5.67. The lowest BCUT2D eigenvalue weighted by atomic mass is 10.1. The van der Waals surface area contributed by atoms with Crippen molar-refractivity contribution >= 4 is 23.3 Å². The van der Waals surface area contributed by atoms with E-state index in [1.807, 2.05) is 6.07 Å². The van der Waals surface area contributed by atoms with Gasteiger partial charge in [-0.3, -0.25) is 0 Å². The summed E-state index contributed by atoms with van der Waals surface area (Å²) in [6.07, 6.45) is 4.44. The number of halogens is 1. The number of rotatable bonds is 7. The van der Waals surface area contributed by atoms with Crippen molar-refractivity contribution in [3.63, 3.8) is 0 Å². The number of alkyl halides is 1. The zero-order valence-electron chi connectivity index (χ0n) is 18.5. The normalized spacial score (nSPS) is 15.8. The van der Waals surface area contributed by atoms with E-state index in [2.05, 4.69) is 36.6 Å². The summed E-state index contributed by atoms with van der Waals surface area (Å²) in [5, 5.41) is 25.6. The van der Waals surface area contributed by atoms with Gasteiger partial charge in [-0.05, 0) is 44.5 Å². The lowest BCUT2D eigenvalue weighted by Gasteiger charge is -2.18. The number of hydrogen-bond acceptors (Lipinski definition) is 9. The maximum atomic E-state index is 13.6. The lowest BCUT2D eigenvalue weighted by molar-refractivity contribution is 0.0944. The average Bonchev–Trinajstić information content (AvgIpc) is 3.24. The molecule has 3 N–H and O–H groups in total. The highest BCUT2D eigenvalue weighted by Gasteiger charge is 2.25. The zero-order chi connectivity index (χ0) is 23.4. The molecule has 0 aliphatic carbocycles. The van der Waals surface area contributed by atoms with Crippen molar-refractivity contribution in [2.75, 3.05) is 35.2 Å². The third kappa shape index (κ3) is 5.70. The molecule has 4 rings (SSSR count). The van der Waals surface area contributed by atoms with Crippen LogP contribution in [0.5, 0.6) is 0 Å². The Morgan fingerprint density at radius 3 is 2.76 bits per heavy atom. The van der Waals surface area contributed by atoms with Crippen LogP contribution in [0.1, 0.15) is 25.8 Å². The molecule has 0 radical (unpaired) electrons. The number of nitrogens with one attached hydrogen (secondary N) is 2. The van der Waals surface area contributed by atoms with E-state index in [0.717, 1.165) is 0 Å². The smallest absolute Gasteiger partial charge is 0.227 e. The van der Waals surface area contributed by atoms with E-state index < -0.39 is 11.8 Å². The minimum absolute atomic E-state index is 0.253. The number of aliphatic hydroxyl groups is 1. The zero-order valence-corrected chi connectivity index (χ0v) is 18.5. The van der Waals surface area contributed by atoms with Gasteiger partial charge in [0.05, 0.1) is 35.3 Å². The summed E-state index contributed by atoms with van der Waals surface area (Å²) in [7, 11) is 0. The van der Waals surface area contributed by atoms with Crippen LogP contribution in [0, 0.1) is 11.3 Å². The molecule has 0 amide bonds. The van der Waals surface area contributed by atoms with Crippen LogP contribution in [0.3, 0.4) is 0 Å². The van der Waals surface area contributed by atoms with Crippen molar-refractivity contribution < 1.29 is 9.50 Å². The van der Waals surface area contributed by atoms with Crippen LogP contribution >= 0.6 is 0 Å². The Balaban J connectivity index is 1.48. The Bertz CT molecular complexity index is 1160. The molecule has 0 bridgehead atoms. The highest BCUT2D eigenvalue weighted by Crippen LogP contribution is 2.27. The van der Waals surface area contributed by atoms with Crippen molar-refractivity contribution in [2.24, 2.45) is 0 Å². The Morgan fingerprint density at radius 1 is 1.24 bits per heavy atom. The van der Waals surface area contributed by atoms with Gasteiger partial charge in [-0.1, -0.05) is 0 Å². The molecule has 4 heterocycles. The first-order chi connectivity index (χ1) is 15.8. The van der Waals surface area contributed by atoms with Crippen molar-refractivity contribution in [1.82, 2.24) is 19.9 Å². The second-order valence-electron chi connectivity index (χ2n) is 8.53. The van der Waals surface area contributed by atoms with Gasteiger partial charge in [0.1, 0.15) is 23.9 Å². The molecule has 1 aliphatic rings. The van der Waals surface area contributed by atoms with Gasteiger partial charge in [-0.25, -0.2) is 24.3 Å². The largest absolute Gasteiger partial charge is 0.389 e. The molecule has 1 atom stereocenters. The minimum Gasteiger partial charge on any atom is -0.389 e. The number of aromatic nitrogens is 4. The SMILES string of the molecule is CC(C)(O)CNc1ccc(Nc2nccc(-c3cnc(N4CCC(F)C4)c(C#N)c3)n2)cn1. The Hall–Kier alpha value is -3.84. The average molecular weight is 449 g/mol. The van der Waals surface area contributed by atoms with E-state index in [-0.39, 0.29) is 6.54 Å². The summed E-state index contributed by atoms with van der Waals surface area (Å²) in [4.78, 5) is 19.3. The fourth-order valence-corrected chi connectivity index (χ4v) is 3.43. The van der Waals surface area contributed by atoms with Crippen LogP contribution in [0.4, 0.5) is 27.7 Å². The molecule has 1 unspecified atom stereocenters. The van der Waals surface area contributed by atoms with Crippen molar-refractivity contribution in [1.29, 1.82) is 5.26 Å². The number of hydrogen-bond donors (Lipinski definition) is 3. The van der Waals surface area contributed by atoms with Gasteiger partial charge in [-0.15, -0.1) is 0 Å². The summed E-state index contributed by atoms with van der Waals surface area (Å²) in [6, 6.07) is 9.23. The Labute approximate surface area is 191 Å². The molecule has 0 saturated carbocycles. The van der Waals surface area contributed by atoms with Gasteiger partial charge in [0, 0.05) is 31.0 Å². The fraction of sp³-hybridized carbons (Fsp3) is 0.348. The lowest BCUT2D eigenvalue weighted by Crippen LogP contribution is -2.29. The second kappa shape index (κ2) is 9.34. The van der Waals surface area contributed by atoms with Crippen LogP contribution in [-0.4, -0.2) is 56.4 Å². The van der Waals surface area contributed by atoms with Gasteiger partial charge in [0.2, 0.25) is 5.95 Å². The highest BCUT2D eigenvalue weighted by atomic mass is 19.1. The molecule has 33 heavy (non-hydrogen) atoms. The fourth-order valence-electron chi connectivity index (χ4n) is 3.43. The van der Waals surface area contributed by atoms with Gasteiger partial charge in [-0.2, -0.15) is 5.26 Å². The first kappa shape index (κ1) is 22.4. The molecular weight excluding hydrogens is 423 g/mol. The molecule has 1 fully saturated rings. The molecule has 3 aromatic rings. The topological polar surface area (TPSA) is 123 Å². The molecule has 1 aliphatic heterocycles. The Morgan fingerprint density at radius 2 is 2.09 bits per heavy atom. The van der Waals surface area contributed by atoms with E-state index in [0.29, 0.717) is 59.6 Å². The summed E-state index contributed by atoms with van der Waals surface area (Å²) in [5.41, 5.74) is 1.51. The van der Waals surface area contributed by atoms with Crippen molar-refractivity contribution in [2.45, 2.75) is 32.0 Å². The number of nitriles is 1. The molecule has 0 spiro atoms. The van der Waals surface area contributed by atoms with Crippen LogP contribution < -0.4 is 15.5 Å². The Kier molecular flexibility index (Phi) is 6.33. The van der Waals surface area contributed by atoms with Crippen LogP contribution in [0.15, 0.2) is 42.9 Å². The molecular formula is C23H25FN8O. The van der Waals surface area contributed by atoms with Gasteiger partial charge < -0.3 is 20.6 Å². The quantitative estimate of drug-likeness (QED) is 0.500. The maximum absolute atomic E-state index is 13.6. The van der Waals surface area contributed by atoms with Crippen LogP contribution in [0.2, 0.25) is 0 Å². The monoisotopic (exact) mass is 448 g/mol. The van der Waals surface area contributed by atoms with E-state index >= 15 is 0 Å². The van der Waals surface area contributed by atoms with Gasteiger partial charge in [0.15, 0.2) is 0 Å². The summed E-state index contributed by atoms with van der Waals surface area (Å²) < 4.78 is 13.6. The predicted octanol–water partition coefficient (Wildman–Crippen LogP) is 3.28. The maximum Gasteiger partial charge on any atom is 0.227 e. The predicted molar refractivity (Wildman–Crippen MR) is 124 cm³/mol. The van der Waals surface area contributed by atoms with Crippen LogP contribution in [0.25, 0.3) is 11.3 Å². The second-order valence-corrected chi connectivity index (χ2v) is 8.53. The summed E-state index contributed by atoms with van der Waals surface area (Å²) >= 11 is 0. The summed E-state index contributed by atoms with van der Waals surface area (Å²) in [5.74, 6) is 1.51. The van der Waals surface area contributed by atoms with Gasteiger partial charge >= 0.3 is 0 Å². The molecule has 170 valence electrons. The van der Waals surface area contributed by atoms with E-state index in [9.17, 15) is 14.8 Å². The molecule has 10 heteroatoms. The molecule has 9 nitrogen and oxygen atoms in total. The van der Waals surface area contributed by atoms with Crippen LogP contribution in [-0.2, 0) is 0 Å². The third-order valence-corrected chi connectivity index (χ3v) is 5.09. The van der Waals surface area contributed by atoms with Crippen molar-refractivity contribution in [3.05, 3.63) is 48.4 Å². The number of nitrogens with zero attached hydrogens (tertiary/aromatic N) is 6. The first-order valence-corrected chi connectivity index (χ1v) is 10.6.